The summed E-state index contributed by atoms with van der Waals surface area (Å²) in [5.41, 5.74) is 4.54. The van der Waals surface area contributed by atoms with Gasteiger partial charge >= 0.3 is 12.1 Å². The zero-order valence-electron chi connectivity index (χ0n) is 19.2. The van der Waals surface area contributed by atoms with E-state index < -0.39 is 18.1 Å². The van der Waals surface area contributed by atoms with Crippen molar-refractivity contribution in [1.82, 2.24) is 20.6 Å². The van der Waals surface area contributed by atoms with E-state index in [4.69, 9.17) is 9.84 Å². The van der Waals surface area contributed by atoms with Gasteiger partial charge in [0.05, 0.1) is 12.1 Å². The highest BCUT2D eigenvalue weighted by atomic mass is 16.5. The van der Waals surface area contributed by atoms with Gasteiger partial charge in [0.1, 0.15) is 12.4 Å². The smallest absolute Gasteiger partial charge is 0.407 e. The third-order valence-electron chi connectivity index (χ3n) is 5.99. The van der Waals surface area contributed by atoms with Gasteiger partial charge in [0, 0.05) is 30.8 Å². The number of carbonyl (C=O) groups is 3. The first-order valence-electron chi connectivity index (χ1n) is 11.4. The average Bonchev–Trinajstić information content (AvgIpc) is 3.19. The van der Waals surface area contributed by atoms with Crippen molar-refractivity contribution >= 4 is 18.0 Å². The maximum absolute atomic E-state index is 12.5. The number of nitrogens with one attached hydrogen (secondary N) is 2. The quantitative estimate of drug-likeness (QED) is 0.433. The SMILES string of the molecule is CCC(CC(=O)NCc1ncc(C(=O)O)cn1)NC(=O)OCC1c2ccccc2-c2ccccc21. The Morgan fingerprint density at radius 2 is 1.60 bits per heavy atom. The monoisotopic (exact) mass is 474 g/mol. The summed E-state index contributed by atoms with van der Waals surface area (Å²) in [7, 11) is 0. The van der Waals surface area contributed by atoms with E-state index in [0.29, 0.717) is 12.2 Å². The Morgan fingerprint density at radius 3 is 2.17 bits per heavy atom. The third-order valence-corrected chi connectivity index (χ3v) is 5.99. The van der Waals surface area contributed by atoms with Gasteiger partial charge in [0.15, 0.2) is 0 Å². The summed E-state index contributed by atoms with van der Waals surface area (Å²) in [6.07, 6.45) is 2.41. The van der Waals surface area contributed by atoms with Crippen LogP contribution in [-0.4, -0.2) is 45.7 Å². The Hall–Kier alpha value is -4.27. The van der Waals surface area contributed by atoms with E-state index in [2.05, 4.69) is 44.9 Å². The number of hydrogen-bond donors (Lipinski definition) is 3. The molecule has 4 rings (SSSR count). The third kappa shape index (κ3) is 5.63. The number of benzene rings is 2. The van der Waals surface area contributed by atoms with Crippen LogP contribution in [-0.2, 0) is 16.1 Å². The molecule has 35 heavy (non-hydrogen) atoms. The normalized spacial score (nSPS) is 12.8. The Balaban J connectivity index is 1.27. The molecule has 2 aromatic carbocycles. The minimum Gasteiger partial charge on any atom is -0.478 e. The van der Waals surface area contributed by atoms with Gasteiger partial charge in [-0.1, -0.05) is 55.5 Å². The number of rotatable bonds is 9. The maximum atomic E-state index is 12.5. The van der Waals surface area contributed by atoms with E-state index in [1.165, 1.54) is 12.4 Å². The van der Waals surface area contributed by atoms with E-state index in [-0.39, 0.29) is 37.0 Å². The lowest BCUT2D eigenvalue weighted by atomic mass is 9.98. The average molecular weight is 475 g/mol. The van der Waals surface area contributed by atoms with Crippen LogP contribution < -0.4 is 10.6 Å². The summed E-state index contributed by atoms with van der Waals surface area (Å²) in [6, 6.07) is 15.8. The lowest BCUT2D eigenvalue weighted by molar-refractivity contribution is -0.121. The Morgan fingerprint density at radius 1 is 1.00 bits per heavy atom. The van der Waals surface area contributed by atoms with Crippen LogP contribution in [0.5, 0.6) is 0 Å². The summed E-state index contributed by atoms with van der Waals surface area (Å²) in [4.78, 5) is 43.5. The Bertz CT molecular complexity index is 1180. The van der Waals surface area contributed by atoms with Crippen LogP contribution >= 0.6 is 0 Å². The number of hydrogen-bond acceptors (Lipinski definition) is 6. The molecule has 0 radical (unpaired) electrons. The van der Waals surface area contributed by atoms with Crippen molar-refractivity contribution in [1.29, 1.82) is 0 Å². The fraction of sp³-hybridized carbons (Fsp3) is 0.269. The first-order chi connectivity index (χ1) is 17.0. The molecular weight excluding hydrogens is 448 g/mol. The molecule has 1 aliphatic carbocycles. The van der Waals surface area contributed by atoms with Gasteiger partial charge in [-0.3, -0.25) is 4.79 Å². The minimum atomic E-state index is -1.12. The van der Waals surface area contributed by atoms with Crippen LogP contribution in [0.2, 0.25) is 0 Å². The first-order valence-corrected chi connectivity index (χ1v) is 11.4. The molecule has 1 unspecified atom stereocenters. The second-order valence-corrected chi connectivity index (χ2v) is 8.25. The van der Waals surface area contributed by atoms with Crippen molar-refractivity contribution < 1.29 is 24.2 Å². The molecule has 3 aromatic rings. The number of aromatic carboxylic acids is 1. The molecule has 0 bridgehead atoms. The van der Waals surface area contributed by atoms with Gasteiger partial charge in [0.2, 0.25) is 5.91 Å². The zero-order valence-corrected chi connectivity index (χ0v) is 19.2. The van der Waals surface area contributed by atoms with E-state index in [0.717, 1.165) is 22.3 Å². The second-order valence-electron chi connectivity index (χ2n) is 8.25. The van der Waals surface area contributed by atoms with Crippen molar-refractivity contribution in [2.45, 2.75) is 38.3 Å². The molecule has 1 atom stereocenters. The van der Waals surface area contributed by atoms with E-state index >= 15 is 0 Å². The number of carboxylic acid groups (broad SMARTS) is 1. The van der Waals surface area contributed by atoms with Crippen molar-refractivity contribution in [3.63, 3.8) is 0 Å². The minimum absolute atomic E-state index is 0.0292. The summed E-state index contributed by atoms with van der Waals surface area (Å²) < 4.78 is 5.56. The van der Waals surface area contributed by atoms with Crippen LogP contribution in [0.3, 0.4) is 0 Å². The van der Waals surface area contributed by atoms with Crippen molar-refractivity contribution in [3.05, 3.63) is 83.4 Å². The highest BCUT2D eigenvalue weighted by Gasteiger charge is 2.29. The molecule has 1 aliphatic rings. The molecule has 1 aromatic heterocycles. The van der Waals surface area contributed by atoms with Gasteiger partial charge in [-0.05, 0) is 28.7 Å². The number of nitrogens with zero attached hydrogens (tertiary/aromatic N) is 2. The van der Waals surface area contributed by atoms with E-state index in [1.807, 2.05) is 31.2 Å². The maximum Gasteiger partial charge on any atom is 0.407 e. The predicted octanol–water partition coefficient (Wildman–Crippen LogP) is 3.50. The van der Waals surface area contributed by atoms with Crippen LogP contribution in [0.4, 0.5) is 4.79 Å². The van der Waals surface area contributed by atoms with Crippen molar-refractivity contribution in [2.75, 3.05) is 6.61 Å². The van der Waals surface area contributed by atoms with Gasteiger partial charge in [-0.2, -0.15) is 0 Å². The van der Waals surface area contributed by atoms with Gasteiger partial charge in [0.25, 0.3) is 0 Å². The molecular formula is C26H26N4O5. The standard InChI is InChI=1S/C26H26N4O5/c1-2-17(11-24(31)29-14-23-27-12-16(13-28-23)25(32)33)30-26(34)35-15-22-20-9-5-3-7-18(20)19-8-4-6-10-21(19)22/h3-10,12-13,17,22H,2,11,14-15H2,1H3,(H,29,31)(H,30,34)(H,32,33). The van der Waals surface area contributed by atoms with Crippen LogP contribution in [0.1, 0.15) is 53.0 Å². The number of carbonyl (C=O) groups excluding carboxylic acids is 2. The Labute approximate surface area is 202 Å². The zero-order chi connectivity index (χ0) is 24.8. The first kappa shape index (κ1) is 23.9. The van der Waals surface area contributed by atoms with Crippen LogP contribution in [0, 0.1) is 0 Å². The highest BCUT2D eigenvalue weighted by molar-refractivity contribution is 5.86. The number of ether oxygens (including phenoxy) is 1. The molecule has 0 spiro atoms. The van der Waals surface area contributed by atoms with Gasteiger partial charge in [-0.15, -0.1) is 0 Å². The summed E-state index contributed by atoms with van der Waals surface area (Å²) in [5.74, 6) is -1.16. The molecule has 9 heteroatoms. The van der Waals surface area contributed by atoms with Crippen molar-refractivity contribution in [2.24, 2.45) is 0 Å². The number of aromatic nitrogens is 2. The predicted molar refractivity (Wildman–Crippen MR) is 128 cm³/mol. The molecule has 0 fully saturated rings. The molecule has 2 amide bonds. The molecule has 0 saturated carbocycles. The molecule has 180 valence electrons. The molecule has 3 N–H and O–H groups in total. The highest BCUT2D eigenvalue weighted by Crippen LogP contribution is 2.44. The number of alkyl carbamates (subject to hydrolysis) is 1. The summed E-state index contributed by atoms with van der Waals surface area (Å²) >= 11 is 0. The second kappa shape index (κ2) is 10.8. The molecule has 1 heterocycles. The molecule has 0 saturated heterocycles. The van der Waals surface area contributed by atoms with Crippen molar-refractivity contribution in [3.8, 4) is 11.1 Å². The lowest BCUT2D eigenvalue weighted by Crippen LogP contribution is -2.39. The fourth-order valence-electron chi connectivity index (χ4n) is 4.13. The Kier molecular flexibility index (Phi) is 7.35. The van der Waals surface area contributed by atoms with Gasteiger partial charge < -0.3 is 20.5 Å². The fourth-order valence-corrected chi connectivity index (χ4v) is 4.13. The molecule has 9 nitrogen and oxygen atoms in total. The van der Waals surface area contributed by atoms with Gasteiger partial charge in [-0.25, -0.2) is 19.6 Å². The van der Waals surface area contributed by atoms with E-state index in [9.17, 15) is 14.4 Å². The number of carboxylic acids is 1. The summed E-state index contributed by atoms with van der Waals surface area (Å²) in [5, 5.41) is 14.3. The number of fused-ring (bicyclic) bond motifs is 3. The van der Waals surface area contributed by atoms with Crippen LogP contribution in [0.25, 0.3) is 11.1 Å². The van der Waals surface area contributed by atoms with E-state index in [1.54, 1.807) is 0 Å². The number of amides is 2. The lowest BCUT2D eigenvalue weighted by Gasteiger charge is -2.18. The topological polar surface area (TPSA) is 131 Å². The molecule has 0 aliphatic heterocycles. The largest absolute Gasteiger partial charge is 0.478 e. The summed E-state index contributed by atoms with van der Waals surface area (Å²) in [6.45, 7) is 2.13. The van der Waals surface area contributed by atoms with Crippen LogP contribution in [0.15, 0.2) is 60.9 Å².